The van der Waals surface area contributed by atoms with Crippen LogP contribution in [-0.2, 0) is 6.54 Å². The molecule has 0 unspecified atom stereocenters. The van der Waals surface area contributed by atoms with E-state index in [0.29, 0.717) is 22.6 Å². The molecule has 182 valence electrons. The molecule has 0 aliphatic carbocycles. The van der Waals surface area contributed by atoms with Gasteiger partial charge in [-0.3, -0.25) is 9.59 Å². The van der Waals surface area contributed by atoms with E-state index in [-0.39, 0.29) is 17.9 Å². The molecule has 9 heteroatoms. The third-order valence-corrected chi connectivity index (χ3v) is 5.32. The van der Waals surface area contributed by atoms with Crippen molar-refractivity contribution in [1.29, 1.82) is 0 Å². The summed E-state index contributed by atoms with van der Waals surface area (Å²) in [4.78, 5) is 37.5. The van der Waals surface area contributed by atoms with Crippen LogP contribution in [0, 0.1) is 19.7 Å². The van der Waals surface area contributed by atoms with Crippen LogP contribution in [0.4, 0.5) is 20.6 Å². The van der Waals surface area contributed by atoms with Crippen molar-refractivity contribution in [2.75, 3.05) is 10.6 Å². The van der Waals surface area contributed by atoms with Gasteiger partial charge in [-0.05, 0) is 61.4 Å². The van der Waals surface area contributed by atoms with Gasteiger partial charge in [-0.15, -0.1) is 0 Å². The number of aryl methyl sites for hydroxylation is 2. The molecule has 4 rings (SSSR count). The Hall–Kier alpha value is -4.79. The first-order valence-corrected chi connectivity index (χ1v) is 11.2. The second kappa shape index (κ2) is 10.6. The van der Waals surface area contributed by atoms with Crippen LogP contribution in [0.3, 0.4) is 0 Å². The summed E-state index contributed by atoms with van der Waals surface area (Å²) in [6.07, 6.45) is 0. The Morgan fingerprint density at radius 2 is 1.58 bits per heavy atom. The number of benzene rings is 3. The van der Waals surface area contributed by atoms with Gasteiger partial charge in [0, 0.05) is 29.7 Å². The van der Waals surface area contributed by atoms with Crippen LogP contribution in [0.25, 0.3) is 5.69 Å². The van der Waals surface area contributed by atoms with Crippen molar-refractivity contribution in [2.45, 2.75) is 20.4 Å². The maximum atomic E-state index is 14.3. The lowest BCUT2D eigenvalue weighted by Gasteiger charge is -2.12. The number of nitrogens with one attached hydrogen (secondary N) is 3. The van der Waals surface area contributed by atoms with E-state index in [0.717, 1.165) is 5.56 Å². The first-order chi connectivity index (χ1) is 17.3. The lowest BCUT2D eigenvalue weighted by Crippen LogP contribution is -2.31. The number of rotatable bonds is 6. The highest BCUT2D eigenvalue weighted by Crippen LogP contribution is 2.15. The smallest absolute Gasteiger partial charge is 0.323 e. The van der Waals surface area contributed by atoms with Crippen molar-refractivity contribution in [2.24, 2.45) is 0 Å². The molecule has 4 aromatic rings. The fourth-order valence-corrected chi connectivity index (χ4v) is 3.61. The van der Waals surface area contributed by atoms with Crippen LogP contribution in [0.15, 0.2) is 83.7 Å². The number of carbonyl (C=O) groups excluding carboxylic acids is 2. The van der Waals surface area contributed by atoms with E-state index in [9.17, 15) is 18.8 Å². The lowest BCUT2D eigenvalue weighted by molar-refractivity contribution is 0.0943. The Bertz CT molecular complexity index is 1500. The molecular formula is C27H24FN5O3. The van der Waals surface area contributed by atoms with Crippen molar-refractivity contribution in [3.63, 3.8) is 0 Å². The van der Waals surface area contributed by atoms with Gasteiger partial charge in [0.15, 0.2) is 5.69 Å². The number of anilines is 2. The average molecular weight is 486 g/mol. The van der Waals surface area contributed by atoms with Crippen molar-refractivity contribution in [3.8, 4) is 5.69 Å². The number of carbonyl (C=O) groups is 2. The summed E-state index contributed by atoms with van der Waals surface area (Å²) in [5, 5.41) is 12.3. The summed E-state index contributed by atoms with van der Waals surface area (Å²) < 4.78 is 15.5. The molecule has 3 amide bonds. The van der Waals surface area contributed by atoms with E-state index in [4.69, 9.17) is 0 Å². The monoisotopic (exact) mass is 485 g/mol. The van der Waals surface area contributed by atoms with E-state index in [2.05, 4.69) is 21.0 Å². The van der Waals surface area contributed by atoms with Gasteiger partial charge in [0.1, 0.15) is 11.5 Å². The molecule has 3 N–H and O–H groups in total. The highest BCUT2D eigenvalue weighted by atomic mass is 19.1. The zero-order valence-corrected chi connectivity index (χ0v) is 19.7. The Labute approximate surface area is 206 Å². The first kappa shape index (κ1) is 24.3. The predicted molar refractivity (Wildman–Crippen MR) is 136 cm³/mol. The highest BCUT2D eigenvalue weighted by molar-refractivity contribution is 5.99. The third-order valence-electron chi connectivity index (χ3n) is 5.32. The quantitative estimate of drug-likeness (QED) is 0.372. The predicted octanol–water partition coefficient (Wildman–Crippen LogP) is 4.56. The van der Waals surface area contributed by atoms with Gasteiger partial charge in [0.05, 0.1) is 0 Å². The van der Waals surface area contributed by atoms with Gasteiger partial charge in [-0.1, -0.05) is 36.4 Å². The second-order valence-electron chi connectivity index (χ2n) is 8.19. The molecule has 1 heterocycles. The SMILES string of the molecule is Cc1cccc(NC(=O)Nc2cccc(CNC(=O)c3nn(-c4ccccc4F)c(C)cc3=O)c2)c1. The van der Waals surface area contributed by atoms with Crippen LogP contribution in [-0.4, -0.2) is 21.7 Å². The zero-order valence-electron chi connectivity index (χ0n) is 19.7. The van der Waals surface area contributed by atoms with Crippen LogP contribution < -0.4 is 21.4 Å². The highest BCUT2D eigenvalue weighted by Gasteiger charge is 2.16. The molecule has 0 fully saturated rings. The number of urea groups is 1. The van der Waals surface area contributed by atoms with Crippen LogP contribution in [0.2, 0.25) is 0 Å². The molecule has 36 heavy (non-hydrogen) atoms. The number of amides is 3. The number of para-hydroxylation sites is 1. The summed E-state index contributed by atoms with van der Waals surface area (Å²) in [5.41, 5.74) is 2.52. The zero-order chi connectivity index (χ0) is 25.7. The normalized spacial score (nSPS) is 10.5. The van der Waals surface area contributed by atoms with Crippen molar-refractivity contribution < 1.29 is 14.0 Å². The number of aromatic nitrogens is 2. The van der Waals surface area contributed by atoms with Crippen LogP contribution in [0.5, 0.6) is 0 Å². The molecular weight excluding hydrogens is 461 g/mol. The van der Waals surface area contributed by atoms with Gasteiger partial charge in [0.25, 0.3) is 5.91 Å². The van der Waals surface area contributed by atoms with E-state index >= 15 is 0 Å². The molecule has 0 saturated carbocycles. The molecule has 8 nitrogen and oxygen atoms in total. The van der Waals surface area contributed by atoms with Gasteiger partial charge in [0.2, 0.25) is 5.43 Å². The Balaban J connectivity index is 1.44. The van der Waals surface area contributed by atoms with Gasteiger partial charge in [-0.25, -0.2) is 13.9 Å². The summed E-state index contributed by atoms with van der Waals surface area (Å²) in [7, 11) is 0. The Kier molecular flexibility index (Phi) is 7.20. The Morgan fingerprint density at radius 1 is 0.889 bits per heavy atom. The molecule has 0 radical (unpaired) electrons. The number of hydrogen-bond acceptors (Lipinski definition) is 4. The van der Waals surface area contributed by atoms with Crippen LogP contribution >= 0.6 is 0 Å². The summed E-state index contributed by atoms with van der Waals surface area (Å²) >= 11 is 0. The molecule has 0 atom stereocenters. The van der Waals surface area contributed by atoms with E-state index in [1.54, 1.807) is 49.4 Å². The first-order valence-electron chi connectivity index (χ1n) is 11.2. The summed E-state index contributed by atoms with van der Waals surface area (Å²) in [6.45, 7) is 3.63. The standard InChI is InChI=1S/C27H24FN5O3/c1-17-7-5-9-20(13-17)30-27(36)31-21-10-6-8-19(15-21)16-29-26(35)25-24(34)14-18(2)33(32-25)23-12-4-3-11-22(23)28/h3-15H,16H2,1-2H3,(H,29,35)(H2,30,31,36). The van der Waals surface area contributed by atoms with E-state index in [1.165, 1.54) is 22.9 Å². The minimum Gasteiger partial charge on any atom is -0.346 e. The fraction of sp³-hybridized carbons (Fsp3) is 0.111. The maximum Gasteiger partial charge on any atom is 0.323 e. The van der Waals surface area contributed by atoms with Gasteiger partial charge < -0.3 is 16.0 Å². The molecule has 1 aromatic heterocycles. The maximum absolute atomic E-state index is 14.3. The Morgan fingerprint density at radius 3 is 2.31 bits per heavy atom. The topological polar surface area (TPSA) is 105 Å². The van der Waals surface area contributed by atoms with Gasteiger partial charge in [-0.2, -0.15) is 5.10 Å². The van der Waals surface area contributed by atoms with Crippen molar-refractivity contribution >= 4 is 23.3 Å². The number of nitrogens with zero attached hydrogens (tertiary/aromatic N) is 2. The summed E-state index contributed by atoms with van der Waals surface area (Å²) in [6, 6.07) is 21.2. The van der Waals surface area contributed by atoms with Crippen molar-refractivity contribution in [3.05, 3.63) is 117 Å². The molecule has 0 aliphatic rings. The molecule has 3 aromatic carbocycles. The average Bonchev–Trinajstić information content (AvgIpc) is 2.83. The summed E-state index contributed by atoms with van der Waals surface area (Å²) in [5.74, 6) is -1.22. The third kappa shape index (κ3) is 5.82. The minimum atomic E-state index is -0.694. The molecule has 0 spiro atoms. The number of halogens is 1. The molecule has 0 saturated heterocycles. The van der Waals surface area contributed by atoms with E-state index < -0.39 is 23.2 Å². The van der Waals surface area contributed by atoms with Gasteiger partial charge >= 0.3 is 6.03 Å². The van der Waals surface area contributed by atoms with Crippen molar-refractivity contribution in [1.82, 2.24) is 15.1 Å². The lowest BCUT2D eigenvalue weighted by atomic mass is 10.2. The van der Waals surface area contributed by atoms with E-state index in [1.807, 2.05) is 25.1 Å². The largest absolute Gasteiger partial charge is 0.346 e. The molecule has 0 bridgehead atoms. The minimum absolute atomic E-state index is 0.0859. The molecule has 0 aliphatic heterocycles. The number of hydrogen-bond donors (Lipinski definition) is 3. The fourth-order valence-electron chi connectivity index (χ4n) is 3.61. The van der Waals surface area contributed by atoms with Crippen LogP contribution in [0.1, 0.15) is 27.3 Å². The second-order valence-corrected chi connectivity index (χ2v) is 8.19.